The highest BCUT2D eigenvalue weighted by Gasteiger charge is 2.10. The lowest BCUT2D eigenvalue weighted by Gasteiger charge is -1.99. The van der Waals surface area contributed by atoms with E-state index in [0.717, 1.165) is 10.6 Å². The Bertz CT molecular complexity index is 703. The Morgan fingerprint density at radius 3 is 2.90 bits per heavy atom. The lowest BCUT2D eigenvalue weighted by molar-refractivity contribution is -0.138. The van der Waals surface area contributed by atoms with E-state index in [1.807, 2.05) is 30.3 Å². The third-order valence-electron chi connectivity index (χ3n) is 2.46. The molecule has 0 atom stereocenters. The van der Waals surface area contributed by atoms with Crippen molar-refractivity contribution < 1.29 is 9.53 Å². The molecule has 6 nitrogen and oxygen atoms in total. The van der Waals surface area contributed by atoms with Crippen LogP contribution in [0.3, 0.4) is 0 Å². The maximum atomic E-state index is 11.6. The smallest absolute Gasteiger partial charge is 0.340 e. The fourth-order valence-corrected chi connectivity index (χ4v) is 2.44. The standard InChI is InChI=1S/C14H12N4O2S/c1-2-20-14(19)12(17-18-15)8-11-9-16-13(21-11)10-6-4-3-5-7-10/h3-9H,2H2,1H3. The highest BCUT2D eigenvalue weighted by atomic mass is 32.1. The third kappa shape index (κ3) is 3.92. The SMILES string of the molecule is CCOC(=O)C(=Cc1cnc(-c2ccccc2)s1)N=[N+]=[N-]. The van der Waals surface area contributed by atoms with Crippen LogP contribution >= 0.6 is 11.3 Å². The van der Waals surface area contributed by atoms with Gasteiger partial charge in [0, 0.05) is 21.5 Å². The van der Waals surface area contributed by atoms with Gasteiger partial charge in [0.15, 0.2) is 0 Å². The molecule has 1 heterocycles. The highest BCUT2D eigenvalue weighted by molar-refractivity contribution is 7.15. The predicted octanol–water partition coefficient (Wildman–Crippen LogP) is 4.02. The molecule has 0 saturated carbocycles. The van der Waals surface area contributed by atoms with E-state index < -0.39 is 5.97 Å². The minimum atomic E-state index is -0.648. The lowest BCUT2D eigenvalue weighted by Crippen LogP contribution is -2.05. The molecule has 0 aliphatic rings. The largest absolute Gasteiger partial charge is 0.462 e. The van der Waals surface area contributed by atoms with Gasteiger partial charge in [0.05, 0.1) is 6.61 Å². The molecule has 0 N–H and O–H groups in total. The van der Waals surface area contributed by atoms with Crippen LogP contribution in [0.2, 0.25) is 0 Å². The number of esters is 1. The topological polar surface area (TPSA) is 88.0 Å². The van der Waals surface area contributed by atoms with Crippen molar-refractivity contribution in [3.63, 3.8) is 0 Å². The first-order valence-electron chi connectivity index (χ1n) is 6.19. The zero-order valence-electron chi connectivity index (χ0n) is 11.3. The van der Waals surface area contributed by atoms with Gasteiger partial charge < -0.3 is 4.74 Å². The number of carbonyl (C=O) groups excluding carboxylic acids is 1. The minimum Gasteiger partial charge on any atom is -0.462 e. The molecule has 0 aliphatic carbocycles. The summed E-state index contributed by atoms with van der Waals surface area (Å²) in [7, 11) is 0. The summed E-state index contributed by atoms with van der Waals surface area (Å²) in [5.41, 5.74) is 9.42. The monoisotopic (exact) mass is 300 g/mol. The summed E-state index contributed by atoms with van der Waals surface area (Å²) in [4.78, 5) is 19.3. The number of thiazole rings is 1. The van der Waals surface area contributed by atoms with E-state index in [4.69, 9.17) is 10.3 Å². The summed E-state index contributed by atoms with van der Waals surface area (Å²) in [5.74, 6) is -0.648. The van der Waals surface area contributed by atoms with E-state index in [1.54, 1.807) is 13.1 Å². The number of azide groups is 1. The third-order valence-corrected chi connectivity index (χ3v) is 3.45. The Labute approximate surface area is 125 Å². The average molecular weight is 300 g/mol. The van der Waals surface area contributed by atoms with Crippen molar-refractivity contribution in [2.75, 3.05) is 6.61 Å². The van der Waals surface area contributed by atoms with Crippen LogP contribution in [0, 0.1) is 0 Å². The number of ether oxygens (including phenoxy) is 1. The zero-order valence-corrected chi connectivity index (χ0v) is 12.1. The van der Waals surface area contributed by atoms with Gasteiger partial charge in [-0.25, -0.2) is 9.78 Å². The normalized spacial score (nSPS) is 10.8. The summed E-state index contributed by atoms with van der Waals surface area (Å²) >= 11 is 1.40. The number of nitrogens with zero attached hydrogens (tertiary/aromatic N) is 4. The Kier molecular flexibility index (Phi) is 5.09. The number of rotatable bonds is 5. The van der Waals surface area contributed by atoms with Crippen molar-refractivity contribution in [2.24, 2.45) is 5.11 Å². The molecule has 2 rings (SSSR count). The van der Waals surface area contributed by atoms with Crippen LogP contribution < -0.4 is 0 Å². The number of carbonyl (C=O) groups is 1. The number of benzene rings is 1. The fourth-order valence-electron chi connectivity index (χ4n) is 1.58. The van der Waals surface area contributed by atoms with Crippen LogP contribution in [0.1, 0.15) is 11.8 Å². The highest BCUT2D eigenvalue weighted by Crippen LogP contribution is 2.26. The summed E-state index contributed by atoms with van der Waals surface area (Å²) in [5, 5.41) is 4.19. The lowest BCUT2D eigenvalue weighted by atomic mass is 10.2. The Balaban J connectivity index is 2.29. The van der Waals surface area contributed by atoms with Crippen molar-refractivity contribution in [1.29, 1.82) is 0 Å². The van der Waals surface area contributed by atoms with E-state index in [2.05, 4.69) is 15.0 Å². The molecule has 1 aromatic heterocycles. The van der Waals surface area contributed by atoms with E-state index in [0.29, 0.717) is 4.88 Å². The maximum Gasteiger partial charge on any atom is 0.340 e. The van der Waals surface area contributed by atoms with E-state index >= 15 is 0 Å². The molecule has 0 bridgehead atoms. The molecule has 0 spiro atoms. The first-order valence-corrected chi connectivity index (χ1v) is 7.01. The molecule has 21 heavy (non-hydrogen) atoms. The van der Waals surface area contributed by atoms with Gasteiger partial charge in [-0.3, -0.25) is 0 Å². The van der Waals surface area contributed by atoms with E-state index in [1.165, 1.54) is 17.4 Å². The fraction of sp³-hybridized carbons (Fsp3) is 0.143. The van der Waals surface area contributed by atoms with Crippen LogP contribution in [-0.2, 0) is 9.53 Å². The average Bonchev–Trinajstić information content (AvgIpc) is 2.96. The molecule has 1 aromatic carbocycles. The van der Waals surface area contributed by atoms with E-state index in [9.17, 15) is 4.79 Å². The Morgan fingerprint density at radius 1 is 1.48 bits per heavy atom. The Hall–Kier alpha value is -2.63. The van der Waals surface area contributed by atoms with Gasteiger partial charge in [0.1, 0.15) is 10.7 Å². The molecule has 2 aromatic rings. The van der Waals surface area contributed by atoms with Gasteiger partial charge in [0.2, 0.25) is 0 Å². The minimum absolute atomic E-state index is 0.0809. The summed E-state index contributed by atoms with van der Waals surface area (Å²) in [6, 6.07) is 9.68. The Morgan fingerprint density at radius 2 is 2.24 bits per heavy atom. The van der Waals surface area contributed by atoms with Gasteiger partial charge in [-0.15, -0.1) is 11.3 Å². The summed E-state index contributed by atoms with van der Waals surface area (Å²) < 4.78 is 4.83. The second-order valence-electron chi connectivity index (χ2n) is 3.87. The second-order valence-corrected chi connectivity index (χ2v) is 4.94. The van der Waals surface area contributed by atoms with Crippen LogP contribution in [0.5, 0.6) is 0 Å². The molecule has 0 unspecified atom stereocenters. The summed E-state index contributed by atoms with van der Waals surface area (Å²) in [6.07, 6.45) is 3.10. The predicted molar refractivity (Wildman–Crippen MR) is 81.3 cm³/mol. The van der Waals surface area contributed by atoms with E-state index in [-0.39, 0.29) is 12.3 Å². The van der Waals surface area contributed by atoms with Crippen molar-refractivity contribution in [2.45, 2.75) is 6.92 Å². The zero-order chi connectivity index (χ0) is 15.1. The van der Waals surface area contributed by atoms with Crippen molar-refractivity contribution in [3.8, 4) is 10.6 Å². The van der Waals surface area contributed by atoms with Crippen molar-refractivity contribution in [3.05, 3.63) is 57.5 Å². The van der Waals surface area contributed by atoms with Crippen LogP contribution in [0.25, 0.3) is 27.1 Å². The molecule has 0 radical (unpaired) electrons. The number of hydrogen-bond acceptors (Lipinski definition) is 5. The number of aromatic nitrogens is 1. The molecule has 106 valence electrons. The summed E-state index contributed by atoms with van der Waals surface area (Å²) in [6.45, 7) is 1.90. The first-order chi connectivity index (χ1) is 10.2. The van der Waals surface area contributed by atoms with Gasteiger partial charge in [-0.05, 0) is 18.5 Å². The van der Waals surface area contributed by atoms with Gasteiger partial charge in [-0.2, -0.15) is 0 Å². The molecule has 0 saturated heterocycles. The van der Waals surface area contributed by atoms with Gasteiger partial charge in [0.25, 0.3) is 0 Å². The van der Waals surface area contributed by atoms with Crippen molar-refractivity contribution in [1.82, 2.24) is 4.98 Å². The second kappa shape index (κ2) is 7.23. The van der Waals surface area contributed by atoms with Crippen molar-refractivity contribution >= 4 is 23.4 Å². The molecule has 0 fully saturated rings. The molecule has 0 amide bonds. The maximum absolute atomic E-state index is 11.6. The van der Waals surface area contributed by atoms with Crippen LogP contribution in [0.4, 0.5) is 0 Å². The van der Waals surface area contributed by atoms with Gasteiger partial charge in [-0.1, -0.05) is 35.4 Å². The molecular weight excluding hydrogens is 288 g/mol. The quantitative estimate of drug-likeness (QED) is 0.274. The number of hydrogen-bond donors (Lipinski definition) is 0. The molecule has 0 aliphatic heterocycles. The van der Waals surface area contributed by atoms with Crippen LogP contribution in [-0.4, -0.2) is 17.6 Å². The van der Waals surface area contributed by atoms with Crippen LogP contribution in [0.15, 0.2) is 47.3 Å². The molecular formula is C14H12N4O2S. The first kappa shape index (κ1) is 14.8. The van der Waals surface area contributed by atoms with Gasteiger partial charge >= 0.3 is 5.97 Å². The molecule has 7 heteroatoms.